The van der Waals surface area contributed by atoms with E-state index in [0.717, 1.165) is 26.1 Å². The fourth-order valence-electron chi connectivity index (χ4n) is 2.47. The predicted octanol–water partition coefficient (Wildman–Crippen LogP) is 3.40. The molecule has 0 radical (unpaired) electrons. The van der Waals surface area contributed by atoms with Gasteiger partial charge in [0.1, 0.15) is 12.1 Å². The van der Waals surface area contributed by atoms with E-state index in [-0.39, 0.29) is 12.5 Å². The van der Waals surface area contributed by atoms with E-state index in [4.69, 9.17) is 0 Å². The third kappa shape index (κ3) is 2.74. The van der Waals surface area contributed by atoms with Crippen LogP contribution in [0.25, 0.3) is 21.3 Å². The number of thioether (sulfide) groups is 1. The number of carbonyl (C=O) groups is 1. The first kappa shape index (κ1) is 15.1. The number of hydrogen-bond donors (Lipinski definition) is 1. The molecule has 4 rings (SSSR count). The summed E-state index contributed by atoms with van der Waals surface area (Å²) in [5.41, 5.74) is 2.54. The summed E-state index contributed by atoms with van der Waals surface area (Å²) in [6.07, 6.45) is 2.02. The van der Waals surface area contributed by atoms with Crippen molar-refractivity contribution in [3.8, 4) is 0 Å². The minimum absolute atomic E-state index is 0.103. The van der Waals surface area contributed by atoms with Gasteiger partial charge in [0.2, 0.25) is 5.91 Å². The number of nitrogens with one attached hydrogen (secondary N) is 1. The molecule has 2 aromatic carbocycles. The van der Waals surface area contributed by atoms with Crippen LogP contribution in [0, 0.1) is 0 Å². The monoisotopic (exact) mass is 355 g/mol. The van der Waals surface area contributed by atoms with Crippen LogP contribution in [0.4, 0.5) is 5.13 Å². The van der Waals surface area contributed by atoms with Crippen molar-refractivity contribution in [3.63, 3.8) is 0 Å². The van der Waals surface area contributed by atoms with Crippen LogP contribution in [0.3, 0.4) is 0 Å². The fourth-order valence-corrected chi connectivity index (χ4v) is 4.01. The predicted molar refractivity (Wildman–Crippen MR) is 97.6 cm³/mol. The van der Waals surface area contributed by atoms with Crippen molar-refractivity contribution >= 4 is 55.4 Å². The SMILES string of the molecule is CSc1cccc2sc(NC(=O)Cn3nnc4ccccc43)nc12. The first-order chi connectivity index (χ1) is 11.7. The van der Waals surface area contributed by atoms with Crippen molar-refractivity contribution in [1.29, 1.82) is 0 Å². The van der Waals surface area contributed by atoms with Crippen LogP contribution in [0.1, 0.15) is 0 Å². The highest BCUT2D eigenvalue weighted by Gasteiger charge is 2.12. The maximum absolute atomic E-state index is 12.3. The number of rotatable bonds is 4. The van der Waals surface area contributed by atoms with Crippen molar-refractivity contribution < 1.29 is 4.79 Å². The zero-order valence-electron chi connectivity index (χ0n) is 12.8. The van der Waals surface area contributed by atoms with Gasteiger partial charge in [-0.05, 0) is 30.5 Å². The molecule has 2 heterocycles. The number of benzene rings is 2. The quantitative estimate of drug-likeness (QED) is 0.568. The van der Waals surface area contributed by atoms with Crippen LogP contribution in [-0.4, -0.2) is 32.1 Å². The third-order valence-electron chi connectivity index (χ3n) is 3.56. The minimum Gasteiger partial charge on any atom is -0.300 e. The topological polar surface area (TPSA) is 72.7 Å². The number of anilines is 1. The van der Waals surface area contributed by atoms with E-state index in [2.05, 4.69) is 20.6 Å². The Balaban J connectivity index is 1.56. The molecule has 0 aliphatic heterocycles. The molecule has 0 fully saturated rings. The van der Waals surface area contributed by atoms with Gasteiger partial charge < -0.3 is 5.32 Å². The van der Waals surface area contributed by atoms with E-state index in [1.165, 1.54) is 11.3 Å². The maximum atomic E-state index is 12.3. The number of nitrogens with zero attached hydrogens (tertiary/aromatic N) is 4. The van der Waals surface area contributed by atoms with Crippen molar-refractivity contribution in [3.05, 3.63) is 42.5 Å². The van der Waals surface area contributed by atoms with Crippen LogP contribution in [0.5, 0.6) is 0 Å². The Bertz CT molecular complexity index is 1040. The summed E-state index contributed by atoms with van der Waals surface area (Å²) >= 11 is 3.11. The number of hydrogen-bond acceptors (Lipinski definition) is 6. The lowest BCUT2D eigenvalue weighted by atomic mass is 10.3. The molecule has 0 bridgehead atoms. The smallest absolute Gasteiger partial charge is 0.247 e. The van der Waals surface area contributed by atoms with Gasteiger partial charge in [0.15, 0.2) is 5.13 Å². The van der Waals surface area contributed by atoms with Gasteiger partial charge in [0, 0.05) is 4.90 Å². The van der Waals surface area contributed by atoms with Gasteiger partial charge in [-0.15, -0.1) is 16.9 Å². The Hall–Kier alpha value is -2.45. The molecule has 120 valence electrons. The number of para-hydroxylation sites is 2. The third-order valence-corrected chi connectivity index (χ3v) is 5.27. The zero-order valence-corrected chi connectivity index (χ0v) is 14.4. The average molecular weight is 355 g/mol. The van der Waals surface area contributed by atoms with Gasteiger partial charge >= 0.3 is 0 Å². The number of aromatic nitrogens is 4. The Morgan fingerprint density at radius 1 is 1.25 bits per heavy atom. The second-order valence-electron chi connectivity index (χ2n) is 5.11. The van der Waals surface area contributed by atoms with Crippen LogP contribution in [0.2, 0.25) is 0 Å². The van der Waals surface area contributed by atoms with E-state index < -0.39 is 0 Å². The van der Waals surface area contributed by atoms with E-state index in [1.54, 1.807) is 16.4 Å². The largest absolute Gasteiger partial charge is 0.300 e. The molecule has 0 aliphatic carbocycles. The molecular weight excluding hydrogens is 342 g/mol. The molecule has 0 saturated heterocycles. The first-order valence-corrected chi connectivity index (χ1v) is 9.30. The van der Waals surface area contributed by atoms with Gasteiger partial charge in [-0.25, -0.2) is 9.67 Å². The second-order valence-corrected chi connectivity index (χ2v) is 6.99. The highest BCUT2D eigenvalue weighted by atomic mass is 32.2. The second kappa shape index (κ2) is 6.21. The fraction of sp³-hybridized carbons (Fsp3) is 0.125. The Morgan fingerprint density at radius 3 is 3.00 bits per heavy atom. The molecule has 6 nitrogen and oxygen atoms in total. The number of amides is 1. The van der Waals surface area contributed by atoms with Crippen molar-refractivity contribution in [2.24, 2.45) is 0 Å². The lowest BCUT2D eigenvalue weighted by molar-refractivity contribution is -0.116. The first-order valence-electron chi connectivity index (χ1n) is 7.26. The van der Waals surface area contributed by atoms with Crippen molar-refractivity contribution in [2.45, 2.75) is 11.4 Å². The zero-order chi connectivity index (χ0) is 16.5. The molecule has 1 N–H and O–H groups in total. The van der Waals surface area contributed by atoms with Gasteiger partial charge in [0.05, 0.1) is 15.7 Å². The molecule has 0 spiro atoms. The van der Waals surface area contributed by atoms with E-state index in [9.17, 15) is 4.79 Å². The van der Waals surface area contributed by atoms with Crippen LogP contribution in [0.15, 0.2) is 47.4 Å². The summed E-state index contributed by atoms with van der Waals surface area (Å²) < 4.78 is 2.65. The molecule has 1 amide bonds. The highest BCUT2D eigenvalue weighted by molar-refractivity contribution is 7.98. The standard InChI is InChI=1S/C16H13N5OS2/c1-23-12-7-4-8-13-15(12)18-16(24-13)17-14(22)9-21-11-6-3-2-5-10(11)19-20-21/h2-8H,9H2,1H3,(H,17,18,22). The Kier molecular flexibility index (Phi) is 3.91. The minimum atomic E-state index is -0.171. The van der Waals surface area contributed by atoms with Crippen LogP contribution in [-0.2, 0) is 11.3 Å². The van der Waals surface area contributed by atoms with Crippen LogP contribution < -0.4 is 5.32 Å². The summed E-state index contributed by atoms with van der Waals surface area (Å²) in [5, 5.41) is 11.5. The van der Waals surface area contributed by atoms with E-state index in [0.29, 0.717) is 5.13 Å². The normalized spacial score (nSPS) is 11.2. The summed E-state index contributed by atoms with van der Waals surface area (Å²) in [4.78, 5) is 18.0. The maximum Gasteiger partial charge on any atom is 0.247 e. The molecule has 0 aliphatic rings. The molecule has 0 atom stereocenters. The average Bonchev–Trinajstić information content (AvgIpc) is 3.18. The van der Waals surface area contributed by atoms with Crippen molar-refractivity contribution in [1.82, 2.24) is 20.0 Å². The van der Waals surface area contributed by atoms with Gasteiger partial charge in [0.25, 0.3) is 0 Å². The number of fused-ring (bicyclic) bond motifs is 2. The summed E-state index contributed by atoms with van der Waals surface area (Å²) in [6.45, 7) is 0.103. The molecule has 0 saturated carbocycles. The molecule has 8 heteroatoms. The Labute approximate surface area is 145 Å². The molecule has 4 aromatic rings. The summed E-state index contributed by atoms with van der Waals surface area (Å²) in [5.74, 6) is -0.171. The Morgan fingerprint density at radius 2 is 2.12 bits per heavy atom. The number of carbonyl (C=O) groups excluding carboxylic acids is 1. The van der Waals surface area contributed by atoms with E-state index >= 15 is 0 Å². The van der Waals surface area contributed by atoms with Gasteiger partial charge in [-0.3, -0.25) is 4.79 Å². The molecule has 24 heavy (non-hydrogen) atoms. The van der Waals surface area contributed by atoms with Gasteiger partial charge in [-0.1, -0.05) is 34.7 Å². The van der Waals surface area contributed by atoms with E-state index in [1.807, 2.05) is 48.7 Å². The van der Waals surface area contributed by atoms with Crippen LogP contribution >= 0.6 is 23.1 Å². The highest BCUT2D eigenvalue weighted by Crippen LogP contribution is 2.32. The lowest BCUT2D eigenvalue weighted by Crippen LogP contribution is -2.19. The lowest BCUT2D eigenvalue weighted by Gasteiger charge is -2.02. The van der Waals surface area contributed by atoms with Gasteiger partial charge in [-0.2, -0.15) is 0 Å². The molecule has 2 aromatic heterocycles. The molecular formula is C16H13N5OS2. The number of thiazole rings is 1. The summed E-state index contributed by atoms with van der Waals surface area (Å²) in [7, 11) is 0. The van der Waals surface area contributed by atoms with Crippen molar-refractivity contribution in [2.75, 3.05) is 11.6 Å². The summed E-state index contributed by atoms with van der Waals surface area (Å²) in [6, 6.07) is 13.6. The molecule has 0 unspecified atom stereocenters.